The lowest BCUT2D eigenvalue weighted by Crippen LogP contribution is -2.12. The molecule has 0 amide bonds. The van der Waals surface area contributed by atoms with Crippen LogP contribution in [0.5, 0.6) is 5.88 Å². The fraction of sp³-hybridized carbons (Fsp3) is 0.692. The summed E-state index contributed by atoms with van der Waals surface area (Å²) in [4.78, 5) is 8.36. The topological polar surface area (TPSA) is 61.0 Å². The Balaban J connectivity index is 1.79. The van der Waals surface area contributed by atoms with Crippen LogP contribution in [0.25, 0.3) is 0 Å². The Labute approximate surface area is 103 Å². The second-order valence-electron chi connectivity index (χ2n) is 4.72. The van der Waals surface area contributed by atoms with E-state index in [9.17, 15) is 0 Å². The van der Waals surface area contributed by atoms with Gasteiger partial charge < -0.3 is 10.5 Å². The number of nitrogens with two attached hydrogens (primary N) is 1. The van der Waals surface area contributed by atoms with Crippen molar-refractivity contribution in [2.45, 2.75) is 45.1 Å². The van der Waals surface area contributed by atoms with Gasteiger partial charge in [-0.1, -0.05) is 25.7 Å². The molecule has 0 saturated heterocycles. The van der Waals surface area contributed by atoms with Gasteiger partial charge >= 0.3 is 0 Å². The zero-order chi connectivity index (χ0) is 11.9. The third-order valence-electron chi connectivity index (χ3n) is 3.33. The number of hydrogen-bond acceptors (Lipinski definition) is 4. The summed E-state index contributed by atoms with van der Waals surface area (Å²) in [5, 5.41) is 0. The summed E-state index contributed by atoms with van der Waals surface area (Å²) in [6, 6.07) is 0. The van der Waals surface area contributed by atoms with Crippen LogP contribution in [0, 0.1) is 5.92 Å². The molecule has 4 heteroatoms. The van der Waals surface area contributed by atoms with Crippen molar-refractivity contribution in [3.05, 3.63) is 18.1 Å². The Morgan fingerprint density at radius 3 is 2.47 bits per heavy atom. The van der Waals surface area contributed by atoms with Gasteiger partial charge in [0.1, 0.15) is 0 Å². The van der Waals surface area contributed by atoms with E-state index in [1.54, 1.807) is 12.4 Å². The summed E-state index contributed by atoms with van der Waals surface area (Å²) in [5.41, 5.74) is 6.26. The average molecular weight is 235 g/mol. The average Bonchev–Trinajstić information content (AvgIpc) is 2.65. The SMILES string of the molecule is NCc1cnc(OCC2CCCCCC2)cn1. The molecule has 1 aromatic rings. The van der Waals surface area contributed by atoms with Crippen LogP contribution in [0.3, 0.4) is 0 Å². The van der Waals surface area contributed by atoms with Crippen LogP contribution < -0.4 is 10.5 Å². The maximum absolute atomic E-state index is 5.69. The molecule has 1 aliphatic rings. The third kappa shape index (κ3) is 3.97. The minimum Gasteiger partial charge on any atom is -0.476 e. The molecule has 1 fully saturated rings. The van der Waals surface area contributed by atoms with Gasteiger partial charge in [-0.2, -0.15) is 0 Å². The Bertz CT molecular complexity index is 318. The fourth-order valence-electron chi connectivity index (χ4n) is 2.26. The predicted octanol–water partition coefficient (Wildman–Crippen LogP) is 2.28. The quantitative estimate of drug-likeness (QED) is 0.813. The van der Waals surface area contributed by atoms with Crippen molar-refractivity contribution in [1.29, 1.82) is 0 Å². The Morgan fingerprint density at radius 2 is 1.88 bits per heavy atom. The van der Waals surface area contributed by atoms with Crippen molar-refractivity contribution < 1.29 is 4.74 Å². The maximum Gasteiger partial charge on any atom is 0.232 e. The molecule has 1 aliphatic carbocycles. The van der Waals surface area contributed by atoms with Crippen LogP contribution in [0.2, 0.25) is 0 Å². The largest absolute Gasteiger partial charge is 0.476 e. The molecule has 0 atom stereocenters. The first-order valence-electron chi connectivity index (χ1n) is 6.52. The van der Waals surface area contributed by atoms with Gasteiger partial charge in [0, 0.05) is 6.54 Å². The fourth-order valence-corrected chi connectivity index (χ4v) is 2.26. The Kier molecular flexibility index (Phi) is 4.74. The summed E-state index contributed by atoms with van der Waals surface area (Å²) in [6.07, 6.45) is 11.4. The summed E-state index contributed by atoms with van der Waals surface area (Å²) in [5.74, 6) is 1.31. The van der Waals surface area contributed by atoms with Gasteiger partial charge in [-0.05, 0) is 18.8 Å². The first-order valence-corrected chi connectivity index (χ1v) is 6.52. The minimum atomic E-state index is 0.426. The molecule has 2 N–H and O–H groups in total. The first kappa shape index (κ1) is 12.3. The molecule has 4 nitrogen and oxygen atoms in total. The molecular formula is C13H21N3O. The first-order chi connectivity index (χ1) is 8.38. The highest BCUT2D eigenvalue weighted by atomic mass is 16.5. The second kappa shape index (κ2) is 6.55. The molecule has 0 unspecified atom stereocenters. The zero-order valence-corrected chi connectivity index (χ0v) is 10.3. The molecule has 0 bridgehead atoms. The number of ether oxygens (including phenoxy) is 1. The van der Waals surface area contributed by atoms with E-state index >= 15 is 0 Å². The maximum atomic E-state index is 5.69. The molecule has 0 aliphatic heterocycles. The van der Waals surface area contributed by atoms with E-state index < -0.39 is 0 Å². The molecule has 17 heavy (non-hydrogen) atoms. The van der Waals surface area contributed by atoms with Gasteiger partial charge in [0.2, 0.25) is 5.88 Å². The summed E-state index contributed by atoms with van der Waals surface area (Å²) < 4.78 is 5.69. The minimum absolute atomic E-state index is 0.426. The lowest BCUT2D eigenvalue weighted by Gasteiger charge is -2.14. The summed E-state index contributed by atoms with van der Waals surface area (Å²) in [7, 11) is 0. The third-order valence-corrected chi connectivity index (χ3v) is 3.33. The molecular weight excluding hydrogens is 214 g/mol. The second-order valence-corrected chi connectivity index (χ2v) is 4.72. The van der Waals surface area contributed by atoms with Crippen molar-refractivity contribution in [3.8, 4) is 5.88 Å². The molecule has 1 aromatic heterocycles. The van der Waals surface area contributed by atoms with E-state index in [4.69, 9.17) is 10.5 Å². The van der Waals surface area contributed by atoms with Crippen LogP contribution in [-0.2, 0) is 6.54 Å². The van der Waals surface area contributed by atoms with Gasteiger partial charge in [0.25, 0.3) is 0 Å². The van der Waals surface area contributed by atoms with Crippen LogP contribution in [-0.4, -0.2) is 16.6 Å². The molecule has 2 rings (SSSR count). The van der Waals surface area contributed by atoms with Crippen LogP contribution in [0.15, 0.2) is 12.4 Å². The van der Waals surface area contributed by atoms with E-state index in [1.807, 2.05) is 0 Å². The summed E-state index contributed by atoms with van der Waals surface area (Å²) >= 11 is 0. The highest BCUT2D eigenvalue weighted by Crippen LogP contribution is 2.23. The van der Waals surface area contributed by atoms with Crippen LogP contribution >= 0.6 is 0 Å². The van der Waals surface area contributed by atoms with Crippen molar-refractivity contribution >= 4 is 0 Å². The van der Waals surface area contributed by atoms with E-state index in [0.717, 1.165) is 12.3 Å². The highest BCUT2D eigenvalue weighted by molar-refractivity contribution is 5.06. The lowest BCUT2D eigenvalue weighted by molar-refractivity contribution is 0.225. The van der Waals surface area contributed by atoms with Crippen molar-refractivity contribution in [3.63, 3.8) is 0 Å². The van der Waals surface area contributed by atoms with Crippen LogP contribution in [0.4, 0.5) is 0 Å². The Hall–Kier alpha value is -1.16. The Morgan fingerprint density at radius 1 is 1.12 bits per heavy atom. The van der Waals surface area contributed by atoms with Gasteiger partial charge in [0.05, 0.1) is 24.7 Å². The molecule has 94 valence electrons. The molecule has 1 heterocycles. The number of hydrogen-bond donors (Lipinski definition) is 1. The van der Waals surface area contributed by atoms with Crippen LogP contribution in [0.1, 0.15) is 44.2 Å². The van der Waals surface area contributed by atoms with E-state index in [2.05, 4.69) is 9.97 Å². The summed E-state index contributed by atoms with van der Waals surface area (Å²) in [6.45, 7) is 1.20. The molecule has 0 radical (unpaired) electrons. The number of aromatic nitrogens is 2. The monoisotopic (exact) mass is 235 g/mol. The normalized spacial score (nSPS) is 17.7. The standard InChI is InChI=1S/C13H21N3O/c14-7-12-8-16-13(9-15-12)17-10-11-5-3-1-2-4-6-11/h8-9,11H,1-7,10,14H2. The van der Waals surface area contributed by atoms with E-state index in [1.165, 1.54) is 38.5 Å². The highest BCUT2D eigenvalue weighted by Gasteiger charge is 2.13. The van der Waals surface area contributed by atoms with Gasteiger partial charge in [-0.25, -0.2) is 4.98 Å². The number of nitrogens with zero attached hydrogens (tertiary/aromatic N) is 2. The predicted molar refractivity (Wildman–Crippen MR) is 66.6 cm³/mol. The molecule has 0 spiro atoms. The van der Waals surface area contributed by atoms with E-state index in [-0.39, 0.29) is 0 Å². The van der Waals surface area contributed by atoms with Crippen molar-refractivity contribution in [1.82, 2.24) is 9.97 Å². The van der Waals surface area contributed by atoms with E-state index in [0.29, 0.717) is 18.3 Å². The van der Waals surface area contributed by atoms with Gasteiger partial charge in [-0.3, -0.25) is 4.98 Å². The smallest absolute Gasteiger partial charge is 0.232 e. The van der Waals surface area contributed by atoms with Crippen molar-refractivity contribution in [2.24, 2.45) is 11.7 Å². The van der Waals surface area contributed by atoms with Gasteiger partial charge in [-0.15, -0.1) is 0 Å². The van der Waals surface area contributed by atoms with Gasteiger partial charge in [0.15, 0.2) is 0 Å². The number of rotatable bonds is 4. The van der Waals surface area contributed by atoms with Crippen molar-refractivity contribution in [2.75, 3.05) is 6.61 Å². The molecule has 1 saturated carbocycles. The lowest BCUT2D eigenvalue weighted by atomic mass is 10.0. The zero-order valence-electron chi connectivity index (χ0n) is 10.3. The molecule has 0 aromatic carbocycles.